The van der Waals surface area contributed by atoms with Crippen LogP contribution >= 0.6 is 0 Å². The van der Waals surface area contributed by atoms with Gasteiger partial charge in [-0.25, -0.2) is 4.79 Å². The minimum absolute atomic E-state index is 0.126. The van der Waals surface area contributed by atoms with Crippen LogP contribution in [0.1, 0.15) is 44.1 Å². The monoisotopic (exact) mass is 398 g/mol. The molecule has 7 heteroatoms. The number of hydrogen-bond acceptors (Lipinski definition) is 4. The summed E-state index contributed by atoms with van der Waals surface area (Å²) in [5, 5.41) is 6.14. The molecule has 3 unspecified atom stereocenters. The summed E-state index contributed by atoms with van der Waals surface area (Å²) >= 11 is 0. The summed E-state index contributed by atoms with van der Waals surface area (Å²) in [6.07, 6.45) is 6.85. The predicted octanol–water partition coefficient (Wildman–Crippen LogP) is 2.36. The van der Waals surface area contributed by atoms with E-state index in [1.54, 1.807) is 0 Å². The summed E-state index contributed by atoms with van der Waals surface area (Å²) in [4.78, 5) is 29.0. The molecule has 0 bridgehead atoms. The molecule has 2 saturated heterocycles. The van der Waals surface area contributed by atoms with Gasteiger partial charge >= 0.3 is 6.03 Å². The van der Waals surface area contributed by atoms with Crippen LogP contribution in [-0.4, -0.2) is 66.1 Å². The van der Waals surface area contributed by atoms with E-state index in [1.807, 2.05) is 18.2 Å². The summed E-state index contributed by atoms with van der Waals surface area (Å²) in [6.45, 7) is 3.59. The minimum Gasteiger partial charge on any atom is -0.493 e. The molecule has 7 nitrogen and oxygen atoms in total. The largest absolute Gasteiger partial charge is 0.493 e. The number of piperazine rings is 1. The number of carbonyl (C=O) groups is 2. The zero-order chi connectivity index (χ0) is 19.8. The fraction of sp³-hybridized carbons (Fsp3) is 0.636. The molecule has 1 aromatic rings. The molecule has 156 valence electrons. The van der Waals surface area contributed by atoms with E-state index in [-0.39, 0.29) is 12.1 Å². The highest BCUT2D eigenvalue weighted by atomic mass is 16.5. The Hall–Kier alpha value is -2.28. The smallest absolute Gasteiger partial charge is 0.319 e. The maximum atomic E-state index is 12.5. The molecule has 3 heterocycles. The second-order valence-corrected chi connectivity index (χ2v) is 8.81. The minimum atomic E-state index is -0.126. The maximum Gasteiger partial charge on any atom is 0.319 e. The van der Waals surface area contributed by atoms with E-state index in [4.69, 9.17) is 4.74 Å². The number of carbonyl (C=O) groups excluding carboxylic acids is 2. The number of benzene rings is 1. The number of nitrogens with one attached hydrogen (secondary N) is 2. The number of nitrogens with zero attached hydrogens (tertiary/aromatic N) is 2. The van der Waals surface area contributed by atoms with E-state index in [9.17, 15) is 9.59 Å². The van der Waals surface area contributed by atoms with Gasteiger partial charge in [0.15, 0.2) is 0 Å². The molecular weight excluding hydrogens is 368 g/mol. The number of rotatable bonds is 3. The number of hydrogen-bond donors (Lipinski definition) is 2. The topological polar surface area (TPSA) is 73.9 Å². The predicted molar refractivity (Wildman–Crippen MR) is 110 cm³/mol. The molecule has 2 N–H and O–H groups in total. The maximum absolute atomic E-state index is 12.5. The van der Waals surface area contributed by atoms with Crippen molar-refractivity contribution in [1.82, 2.24) is 15.1 Å². The van der Waals surface area contributed by atoms with Crippen LogP contribution in [0.2, 0.25) is 0 Å². The lowest BCUT2D eigenvalue weighted by Crippen LogP contribution is -2.54. The zero-order valence-corrected chi connectivity index (χ0v) is 16.9. The number of ether oxygens (including phenoxy) is 1. The number of amides is 3. The van der Waals surface area contributed by atoms with Gasteiger partial charge in [0.05, 0.1) is 6.61 Å². The van der Waals surface area contributed by atoms with Crippen molar-refractivity contribution >= 4 is 17.6 Å². The first-order valence-electron chi connectivity index (χ1n) is 11.0. The third-order valence-corrected chi connectivity index (χ3v) is 6.95. The lowest BCUT2D eigenvalue weighted by atomic mass is 10.1. The normalized spacial score (nSPS) is 29.2. The lowest BCUT2D eigenvalue weighted by Gasteiger charge is -2.40. The molecular formula is C22H30N4O3. The quantitative estimate of drug-likeness (QED) is 0.820. The van der Waals surface area contributed by atoms with Gasteiger partial charge in [-0.15, -0.1) is 0 Å². The molecule has 0 aromatic heterocycles. The second kappa shape index (κ2) is 7.86. The fourth-order valence-electron chi connectivity index (χ4n) is 5.43. The van der Waals surface area contributed by atoms with Crippen LogP contribution in [0.5, 0.6) is 5.75 Å². The Morgan fingerprint density at radius 3 is 2.97 bits per heavy atom. The van der Waals surface area contributed by atoms with E-state index in [1.165, 1.54) is 5.56 Å². The number of anilines is 1. The van der Waals surface area contributed by atoms with E-state index >= 15 is 0 Å². The average molecular weight is 399 g/mol. The molecule has 3 amide bonds. The van der Waals surface area contributed by atoms with Crippen LogP contribution in [0.3, 0.4) is 0 Å². The van der Waals surface area contributed by atoms with Crippen molar-refractivity contribution in [2.75, 3.05) is 31.6 Å². The standard InChI is InChI=1S/C22H30N4O3/c27-21-8-6-19-14-25(9-10-26(19)21)18-5-3-17(13-18)24-22(28)23-16-4-7-20-15(12-16)2-1-11-29-20/h4,7,12,17-19H,1-3,5-6,8-11,13-14H2,(H2,23,24,28). The molecule has 29 heavy (non-hydrogen) atoms. The van der Waals surface area contributed by atoms with Gasteiger partial charge in [-0.1, -0.05) is 0 Å². The Bertz CT molecular complexity index is 798. The van der Waals surface area contributed by atoms with Crippen LogP contribution in [0.15, 0.2) is 18.2 Å². The lowest BCUT2D eigenvalue weighted by molar-refractivity contribution is -0.131. The van der Waals surface area contributed by atoms with Crippen molar-refractivity contribution < 1.29 is 14.3 Å². The van der Waals surface area contributed by atoms with E-state index in [2.05, 4.69) is 20.4 Å². The Kier molecular flexibility index (Phi) is 5.08. The van der Waals surface area contributed by atoms with Crippen molar-refractivity contribution in [3.63, 3.8) is 0 Å². The first kappa shape index (κ1) is 18.7. The van der Waals surface area contributed by atoms with Crippen LogP contribution < -0.4 is 15.4 Å². The molecule has 1 saturated carbocycles. The van der Waals surface area contributed by atoms with Crippen LogP contribution in [0.25, 0.3) is 0 Å². The molecule has 0 spiro atoms. The third kappa shape index (κ3) is 3.92. The number of aryl methyl sites for hydroxylation is 1. The van der Waals surface area contributed by atoms with Crippen LogP contribution in [0.4, 0.5) is 10.5 Å². The van der Waals surface area contributed by atoms with Crippen molar-refractivity contribution in [2.45, 2.75) is 63.1 Å². The Labute approximate surface area is 171 Å². The summed E-state index contributed by atoms with van der Waals surface area (Å²) in [6, 6.07) is 6.88. The van der Waals surface area contributed by atoms with Gasteiger partial charge in [0, 0.05) is 49.9 Å². The highest BCUT2D eigenvalue weighted by molar-refractivity contribution is 5.89. The highest BCUT2D eigenvalue weighted by Crippen LogP contribution is 2.30. The second-order valence-electron chi connectivity index (χ2n) is 8.81. The van der Waals surface area contributed by atoms with Crippen molar-refractivity contribution in [2.24, 2.45) is 0 Å². The SMILES string of the molecule is O=C(Nc1ccc2c(c1)CCCO2)NC1CCC(N2CCN3C(=O)CCC3C2)C1. The van der Waals surface area contributed by atoms with Gasteiger partial charge < -0.3 is 20.3 Å². The first-order valence-corrected chi connectivity index (χ1v) is 11.0. The van der Waals surface area contributed by atoms with Crippen molar-refractivity contribution in [1.29, 1.82) is 0 Å². The van der Waals surface area contributed by atoms with Gasteiger partial charge in [-0.05, 0) is 62.3 Å². The van der Waals surface area contributed by atoms with Gasteiger partial charge in [-0.2, -0.15) is 0 Å². The Balaban J connectivity index is 1.11. The van der Waals surface area contributed by atoms with Crippen molar-refractivity contribution in [3.8, 4) is 5.75 Å². The Morgan fingerprint density at radius 2 is 2.03 bits per heavy atom. The molecule has 5 rings (SSSR count). The molecule has 4 aliphatic rings. The summed E-state index contributed by atoms with van der Waals surface area (Å²) in [5.74, 6) is 1.26. The average Bonchev–Trinajstić information content (AvgIpc) is 3.34. The summed E-state index contributed by atoms with van der Waals surface area (Å²) in [5.41, 5.74) is 1.99. The highest BCUT2D eigenvalue weighted by Gasteiger charge is 2.39. The molecule has 3 aliphatic heterocycles. The zero-order valence-electron chi connectivity index (χ0n) is 16.9. The fourth-order valence-corrected chi connectivity index (χ4v) is 5.43. The number of urea groups is 1. The Morgan fingerprint density at radius 1 is 1.10 bits per heavy atom. The van der Waals surface area contributed by atoms with Gasteiger partial charge in [-0.3, -0.25) is 9.69 Å². The number of fused-ring (bicyclic) bond motifs is 2. The van der Waals surface area contributed by atoms with E-state index in [0.29, 0.717) is 24.4 Å². The first-order chi connectivity index (χ1) is 14.2. The third-order valence-electron chi connectivity index (χ3n) is 6.95. The van der Waals surface area contributed by atoms with E-state index in [0.717, 1.165) is 76.2 Å². The molecule has 0 radical (unpaired) electrons. The molecule has 3 fully saturated rings. The van der Waals surface area contributed by atoms with Gasteiger partial charge in [0.25, 0.3) is 0 Å². The molecule has 3 atom stereocenters. The molecule has 1 aliphatic carbocycles. The van der Waals surface area contributed by atoms with Gasteiger partial charge in [0.2, 0.25) is 5.91 Å². The summed E-state index contributed by atoms with van der Waals surface area (Å²) in [7, 11) is 0. The van der Waals surface area contributed by atoms with Crippen molar-refractivity contribution in [3.05, 3.63) is 23.8 Å². The van der Waals surface area contributed by atoms with Crippen LogP contribution in [-0.2, 0) is 11.2 Å². The molecule has 1 aromatic carbocycles. The van der Waals surface area contributed by atoms with E-state index < -0.39 is 0 Å². The van der Waals surface area contributed by atoms with Crippen LogP contribution in [0, 0.1) is 0 Å². The van der Waals surface area contributed by atoms with Gasteiger partial charge in [0.1, 0.15) is 5.75 Å². The summed E-state index contributed by atoms with van der Waals surface area (Å²) < 4.78 is 5.64.